The van der Waals surface area contributed by atoms with E-state index in [0.29, 0.717) is 5.25 Å². The Labute approximate surface area is 76.6 Å². The molecule has 0 fully saturated rings. The minimum atomic E-state index is 0.583. The second-order valence-electron chi connectivity index (χ2n) is 1.99. The lowest BCUT2D eigenvalue weighted by molar-refractivity contribution is 0.989. The van der Waals surface area contributed by atoms with Crippen molar-refractivity contribution in [3.8, 4) is 0 Å². The molecular formula is C5H7BrN2S2. The molecule has 0 radical (unpaired) electrons. The van der Waals surface area contributed by atoms with Gasteiger partial charge in [0.1, 0.15) is 0 Å². The molecule has 0 saturated heterocycles. The van der Waals surface area contributed by atoms with Crippen LogP contribution in [0.4, 0.5) is 0 Å². The van der Waals surface area contributed by atoms with E-state index < -0.39 is 0 Å². The fourth-order valence-corrected chi connectivity index (χ4v) is 3.11. The van der Waals surface area contributed by atoms with Crippen molar-refractivity contribution in [2.24, 2.45) is 0 Å². The number of hydrogen-bond acceptors (Lipinski definition) is 4. The van der Waals surface area contributed by atoms with Gasteiger partial charge in [-0.3, -0.25) is 0 Å². The number of aromatic nitrogens is 2. The van der Waals surface area contributed by atoms with Crippen molar-refractivity contribution in [2.45, 2.75) is 23.4 Å². The van der Waals surface area contributed by atoms with Crippen molar-refractivity contribution in [1.82, 2.24) is 10.2 Å². The Balaban J connectivity index is 2.58. The highest BCUT2D eigenvalue weighted by atomic mass is 79.9. The molecule has 1 rings (SSSR count). The maximum absolute atomic E-state index is 3.94. The van der Waals surface area contributed by atoms with Crippen LogP contribution in [-0.2, 0) is 0 Å². The van der Waals surface area contributed by atoms with Crippen LogP contribution >= 0.6 is 39.0 Å². The molecule has 1 heterocycles. The first-order valence-corrected chi connectivity index (χ1v) is 5.33. The highest BCUT2D eigenvalue weighted by molar-refractivity contribution is 9.11. The molecule has 1 aromatic heterocycles. The van der Waals surface area contributed by atoms with Gasteiger partial charge in [-0.1, -0.05) is 36.9 Å². The Morgan fingerprint density at radius 3 is 2.60 bits per heavy atom. The Hall–Kier alpha value is 0.390. The predicted octanol–water partition coefficient (Wildman–Crippen LogP) is 2.80. The summed E-state index contributed by atoms with van der Waals surface area (Å²) in [5.41, 5.74) is 0. The first kappa shape index (κ1) is 8.49. The zero-order valence-electron chi connectivity index (χ0n) is 5.67. The van der Waals surface area contributed by atoms with Crippen LogP contribution in [0.2, 0.25) is 0 Å². The van der Waals surface area contributed by atoms with E-state index >= 15 is 0 Å². The summed E-state index contributed by atoms with van der Waals surface area (Å²) in [6.07, 6.45) is 0. The van der Waals surface area contributed by atoms with Gasteiger partial charge >= 0.3 is 0 Å². The molecule has 0 aliphatic carbocycles. The van der Waals surface area contributed by atoms with E-state index in [-0.39, 0.29) is 0 Å². The maximum Gasteiger partial charge on any atom is 0.184 e. The van der Waals surface area contributed by atoms with Gasteiger partial charge in [0.25, 0.3) is 0 Å². The van der Waals surface area contributed by atoms with Gasteiger partial charge in [0.05, 0.1) is 0 Å². The molecule has 0 N–H and O–H groups in total. The maximum atomic E-state index is 3.94. The van der Waals surface area contributed by atoms with E-state index in [4.69, 9.17) is 0 Å². The van der Waals surface area contributed by atoms with Crippen LogP contribution in [0.5, 0.6) is 0 Å². The molecule has 0 aromatic carbocycles. The molecule has 56 valence electrons. The van der Waals surface area contributed by atoms with E-state index in [1.165, 1.54) is 0 Å². The Kier molecular flexibility index (Phi) is 3.13. The Bertz CT molecular complexity index is 211. The molecule has 10 heavy (non-hydrogen) atoms. The highest BCUT2D eigenvalue weighted by Gasteiger charge is 2.03. The topological polar surface area (TPSA) is 25.8 Å². The van der Waals surface area contributed by atoms with E-state index in [2.05, 4.69) is 40.0 Å². The van der Waals surface area contributed by atoms with Crippen LogP contribution < -0.4 is 0 Å². The summed E-state index contributed by atoms with van der Waals surface area (Å²) >= 11 is 6.56. The molecule has 0 aliphatic heterocycles. The standard InChI is InChI=1S/C5H7BrN2S2/c1-3(2)9-5-8-7-4(6)10-5/h3H,1-2H3. The fourth-order valence-electron chi connectivity index (χ4n) is 0.442. The molecule has 0 spiro atoms. The Morgan fingerprint density at radius 2 is 2.20 bits per heavy atom. The average molecular weight is 239 g/mol. The molecule has 0 aliphatic rings. The second kappa shape index (κ2) is 3.69. The van der Waals surface area contributed by atoms with Gasteiger partial charge < -0.3 is 0 Å². The Morgan fingerprint density at radius 1 is 1.50 bits per heavy atom. The minimum Gasteiger partial charge on any atom is -0.131 e. The summed E-state index contributed by atoms with van der Waals surface area (Å²) in [5, 5.41) is 8.36. The van der Waals surface area contributed by atoms with Gasteiger partial charge in [-0.15, -0.1) is 10.2 Å². The van der Waals surface area contributed by atoms with Crippen LogP contribution in [0.25, 0.3) is 0 Å². The number of thioether (sulfide) groups is 1. The van der Waals surface area contributed by atoms with E-state index in [1.807, 2.05) is 0 Å². The van der Waals surface area contributed by atoms with Gasteiger partial charge in [-0.2, -0.15) is 0 Å². The quantitative estimate of drug-likeness (QED) is 0.742. The summed E-state index contributed by atoms with van der Waals surface area (Å²) in [7, 11) is 0. The highest BCUT2D eigenvalue weighted by Crippen LogP contribution is 2.28. The molecule has 0 atom stereocenters. The van der Waals surface area contributed by atoms with E-state index in [0.717, 1.165) is 8.26 Å². The van der Waals surface area contributed by atoms with Gasteiger partial charge in [-0.25, -0.2) is 0 Å². The third-order valence-electron chi connectivity index (χ3n) is 0.718. The van der Waals surface area contributed by atoms with Gasteiger partial charge in [0.2, 0.25) is 0 Å². The van der Waals surface area contributed by atoms with E-state index in [1.54, 1.807) is 23.1 Å². The van der Waals surface area contributed by atoms with Gasteiger partial charge in [0, 0.05) is 5.25 Å². The summed E-state index contributed by atoms with van der Waals surface area (Å²) in [4.78, 5) is 0. The summed E-state index contributed by atoms with van der Waals surface area (Å²) in [5.74, 6) is 0. The first-order valence-electron chi connectivity index (χ1n) is 2.84. The minimum absolute atomic E-state index is 0.583. The monoisotopic (exact) mass is 238 g/mol. The molecule has 1 aromatic rings. The second-order valence-corrected chi connectivity index (χ2v) is 6.06. The van der Waals surface area contributed by atoms with Crippen LogP contribution in [-0.4, -0.2) is 15.4 Å². The normalized spacial score (nSPS) is 10.8. The predicted molar refractivity (Wildman–Crippen MR) is 48.6 cm³/mol. The largest absolute Gasteiger partial charge is 0.184 e. The smallest absolute Gasteiger partial charge is 0.131 e. The van der Waals surface area contributed by atoms with Crippen molar-refractivity contribution in [2.75, 3.05) is 0 Å². The average Bonchev–Trinajstić information content (AvgIpc) is 2.13. The van der Waals surface area contributed by atoms with Crippen molar-refractivity contribution >= 4 is 39.0 Å². The molecule has 0 bridgehead atoms. The van der Waals surface area contributed by atoms with Gasteiger partial charge in [0.15, 0.2) is 8.26 Å². The number of nitrogens with zero attached hydrogens (tertiary/aromatic N) is 2. The summed E-state index contributed by atoms with van der Waals surface area (Å²) in [6.45, 7) is 4.28. The van der Waals surface area contributed by atoms with Crippen molar-refractivity contribution in [3.05, 3.63) is 3.92 Å². The third kappa shape index (κ3) is 2.56. The van der Waals surface area contributed by atoms with Crippen molar-refractivity contribution in [3.63, 3.8) is 0 Å². The number of rotatable bonds is 2. The SMILES string of the molecule is CC(C)Sc1nnc(Br)s1. The number of halogens is 1. The molecule has 5 heteroatoms. The third-order valence-corrected chi connectivity index (χ3v) is 3.16. The first-order chi connectivity index (χ1) is 4.68. The fraction of sp³-hybridized carbons (Fsp3) is 0.600. The molecule has 0 amide bonds. The van der Waals surface area contributed by atoms with Crippen molar-refractivity contribution < 1.29 is 0 Å². The molecular weight excluding hydrogens is 232 g/mol. The summed E-state index contributed by atoms with van der Waals surface area (Å²) in [6, 6.07) is 0. The zero-order chi connectivity index (χ0) is 7.56. The van der Waals surface area contributed by atoms with E-state index in [9.17, 15) is 0 Å². The van der Waals surface area contributed by atoms with Crippen molar-refractivity contribution in [1.29, 1.82) is 0 Å². The van der Waals surface area contributed by atoms with Crippen LogP contribution in [0.1, 0.15) is 13.8 Å². The summed E-state index contributed by atoms with van der Waals surface area (Å²) < 4.78 is 1.89. The lowest BCUT2D eigenvalue weighted by Crippen LogP contribution is -1.84. The lowest BCUT2D eigenvalue weighted by Gasteiger charge is -1.96. The van der Waals surface area contributed by atoms with Crippen LogP contribution in [0.3, 0.4) is 0 Å². The lowest BCUT2D eigenvalue weighted by atomic mass is 10.6. The number of hydrogen-bond donors (Lipinski definition) is 0. The molecule has 2 nitrogen and oxygen atoms in total. The van der Waals surface area contributed by atoms with Crippen LogP contribution in [0, 0.1) is 0 Å². The molecule has 0 unspecified atom stereocenters. The van der Waals surface area contributed by atoms with Gasteiger partial charge in [-0.05, 0) is 15.9 Å². The zero-order valence-corrected chi connectivity index (χ0v) is 8.89. The molecule has 0 saturated carbocycles. The van der Waals surface area contributed by atoms with Crippen LogP contribution in [0.15, 0.2) is 8.26 Å².